The number of thiophene rings is 1. The van der Waals surface area contributed by atoms with Crippen LogP contribution in [-0.2, 0) is 5.33 Å². The van der Waals surface area contributed by atoms with Crippen LogP contribution in [0.15, 0.2) is 17.5 Å². The van der Waals surface area contributed by atoms with Gasteiger partial charge in [-0.3, -0.25) is 0 Å². The van der Waals surface area contributed by atoms with Crippen LogP contribution in [0.25, 0.3) is 10.1 Å². The minimum absolute atomic E-state index is 0.161. The van der Waals surface area contributed by atoms with Crippen molar-refractivity contribution in [2.75, 3.05) is 0 Å². The number of rotatable bonds is 1. The van der Waals surface area contributed by atoms with Gasteiger partial charge in [0.2, 0.25) is 0 Å². The highest BCUT2D eigenvalue weighted by Gasteiger charge is 2.10. The van der Waals surface area contributed by atoms with Crippen molar-refractivity contribution in [3.05, 3.63) is 33.9 Å². The van der Waals surface area contributed by atoms with Crippen LogP contribution in [-0.4, -0.2) is 0 Å². The maximum atomic E-state index is 13.6. The summed E-state index contributed by atoms with van der Waals surface area (Å²) < 4.78 is 14.2. The molecule has 0 aliphatic carbocycles. The third kappa shape index (κ3) is 1.49. The van der Waals surface area contributed by atoms with Crippen LogP contribution >= 0.6 is 38.9 Å². The Bertz CT molecular complexity index is 452. The van der Waals surface area contributed by atoms with Crippen molar-refractivity contribution in [2.45, 2.75) is 5.33 Å². The molecule has 13 heavy (non-hydrogen) atoms. The van der Waals surface area contributed by atoms with Gasteiger partial charge in [0.1, 0.15) is 5.82 Å². The molecule has 0 bridgehead atoms. The van der Waals surface area contributed by atoms with Crippen molar-refractivity contribution in [3.8, 4) is 0 Å². The van der Waals surface area contributed by atoms with E-state index in [0.29, 0.717) is 20.6 Å². The fourth-order valence-electron chi connectivity index (χ4n) is 1.20. The second-order valence-corrected chi connectivity index (χ2v) is 4.51. The topological polar surface area (TPSA) is 0 Å². The normalized spacial score (nSPS) is 11.0. The lowest BCUT2D eigenvalue weighted by molar-refractivity contribution is 0.632. The van der Waals surface area contributed by atoms with Gasteiger partial charge in [0.25, 0.3) is 0 Å². The summed E-state index contributed by atoms with van der Waals surface area (Å²) in [7, 11) is 0. The summed E-state index contributed by atoms with van der Waals surface area (Å²) in [5.41, 5.74) is 0.611. The van der Waals surface area contributed by atoms with Crippen LogP contribution in [0, 0.1) is 5.82 Å². The van der Waals surface area contributed by atoms with E-state index in [9.17, 15) is 4.39 Å². The van der Waals surface area contributed by atoms with Gasteiger partial charge in [-0.2, -0.15) is 0 Å². The van der Waals surface area contributed by atoms with Crippen molar-refractivity contribution in [3.63, 3.8) is 0 Å². The quantitative estimate of drug-likeness (QED) is 0.670. The standard InChI is InChI=1S/C9H5BrClFS/c10-4-5-3-7(11)6-1-2-13-9(6)8(5)12/h1-3H,4H2. The predicted octanol–water partition coefficient (Wildman–Crippen LogP) is 4.59. The molecule has 0 aliphatic heterocycles. The van der Waals surface area contributed by atoms with Crippen LogP contribution in [0.1, 0.15) is 5.56 Å². The lowest BCUT2D eigenvalue weighted by Gasteiger charge is -2.01. The van der Waals surface area contributed by atoms with E-state index in [1.165, 1.54) is 11.3 Å². The van der Waals surface area contributed by atoms with Gasteiger partial charge in [-0.05, 0) is 17.5 Å². The van der Waals surface area contributed by atoms with Crippen molar-refractivity contribution in [1.29, 1.82) is 0 Å². The molecule has 0 saturated carbocycles. The highest BCUT2D eigenvalue weighted by molar-refractivity contribution is 9.08. The molecule has 2 rings (SSSR count). The molecule has 0 fully saturated rings. The Balaban J connectivity index is 2.85. The first kappa shape index (κ1) is 9.44. The molecule has 1 heterocycles. The highest BCUT2D eigenvalue weighted by atomic mass is 79.9. The fourth-order valence-corrected chi connectivity index (χ4v) is 2.84. The second-order valence-electron chi connectivity index (χ2n) is 2.63. The van der Waals surface area contributed by atoms with Gasteiger partial charge in [-0.1, -0.05) is 27.5 Å². The third-order valence-corrected chi connectivity index (χ3v) is 3.67. The molecule has 0 unspecified atom stereocenters. The molecule has 1 aromatic heterocycles. The molecule has 0 nitrogen and oxygen atoms in total. The van der Waals surface area contributed by atoms with Gasteiger partial charge in [-0.15, -0.1) is 11.3 Å². The summed E-state index contributed by atoms with van der Waals surface area (Å²) >= 11 is 10.6. The lowest BCUT2D eigenvalue weighted by atomic mass is 10.2. The van der Waals surface area contributed by atoms with E-state index in [1.54, 1.807) is 6.07 Å². The zero-order valence-corrected chi connectivity index (χ0v) is 9.64. The first-order chi connectivity index (χ1) is 6.24. The monoisotopic (exact) mass is 278 g/mol. The summed E-state index contributed by atoms with van der Waals surface area (Å²) in [4.78, 5) is 0. The molecular weight excluding hydrogens is 275 g/mol. The molecule has 1 aromatic carbocycles. The van der Waals surface area contributed by atoms with E-state index in [2.05, 4.69) is 15.9 Å². The van der Waals surface area contributed by atoms with E-state index >= 15 is 0 Å². The maximum absolute atomic E-state index is 13.6. The first-order valence-corrected chi connectivity index (χ1v) is 6.02. The summed E-state index contributed by atoms with van der Waals surface area (Å²) in [6, 6.07) is 3.50. The van der Waals surface area contributed by atoms with Crippen LogP contribution in [0.2, 0.25) is 5.02 Å². The summed E-state index contributed by atoms with van der Waals surface area (Å²) in [6.45, 7) is 0. The van der Waals surface area contributed by atoms with Crippen molar-refractivity contribution < 1.29 is 4.39 Å². The van der Waals surface area contributed by atoms with Crippen LogP contribution < -0.4 is 0 Å². The van der Waals surface area contributed by atoms with Gasteiger partial charge in [0.05, 0.1) is 4.70 Å². The maximum Gasteiger partial charge on any atom is 0.145 e. The zero-order valence-electron chi connectivity index (χ0n) is 6.48. The van der Waals surface area contributed by atoms with Crippen molar-refractivity contribution >= 4 is 49.0 Å². The molecule has 0 spiro atoms. The molecule has 0 radical (unpaired) electrons. The van der Waals surface area contributed by atoms with E-state index < -0.39 is 0 Å². The summed E-state index contributed by atoms with van der Waals surface area (Å²) in [6.07, 6.45) is 0. The van der Waals surface area contributed by atoms with Gasteiger partial charge < -0.3 is 0 Å². The first-order valence-electron chi connectivity index (χ1n) is 3.64. The van der Waals surface area contributed by atoms with E-state index in [0.717, 1.165) is 5.39 Å². The Labute approximate surface area is 92.5 Å². The molecule has 0 saturated heterocycles. The largest absolute Gasteiger partial charge is 0.205 e. The average molecular weight is 280 g/mol. The van der Waals surface area contributed by atoms with Crippen LogP contribution in [0.5, 0.6) is 0 Å². The molecule has 2 aromatic rings. The Morgan fingerprint density at radius 3 is 3.00 bits per heavy atom. The third-order valence-electron chi connectivity index (χ3n) is 1.85. The molecule has 0 amide bonds. The number of hydrogen-bond acceptors (Lipinski definition) is 1. The van der Waals surface area contributed by atoms with Gasteiger partial charge in [0.15, 0.2) is 0 Å². The number of fused-ring (bicyclic) bond motifs is 1. The van der Waals surface area contributed by atoms with E-state index in [1.807, 2.05) is 11.4 Å². The van der Waals surface area contributed by atoms with Crippen LogP contribution in [0.3, 0.4) is 0 Å². The van der Waals surface area contributed by atoms with E-state index in [4.69, 9.17) is 11.6 Å². The predicted molar refractivity (Wildman–Crippen MR) is 59.4 cm³/mol. The smallest absolute Gasteiger partial charge is 0.145 e. The Morgan fingerprint density at radius 2 is 2.31 bits per heavy atom. The summed E-state index contributed by atoms with van der Waals surface area (Å²) in [5.74, 6) is -0.161. The summed E-state index contributed by atoms with van der Waals surface area (Å²) in [5, 5.41) is 3.75. The number of halogens is 3. The van der Waals surface area contributed by atoms with Gasteiger partial charge >= 0.3 is 0 Å². The molecule has 0 atom stereocenters. The van der Waals surface area contributed by atoms with Gasteiger partial charge in [-0.25, -0.2) is 4.39 Å². The van der Waals surface area contributed by atoms with E-state index in [-0.39, 0.29) is 5.82 Å². The number of benzene rings is 1. The Morgan fingerprint density at radius 1 is 1.54 bits per heavy atom. The van der Waals surface area contributed by atoms with Crippen molar-refractivity contribution in [1.82, 2.24) is 0 Å². The molecule has 4 heteroatoms. The highest BCUT2D eigenvalue weighted by Crippen LogP contribution is 2.33. The molecule has 0 N–H and O–H groups in total. The Kier molecular flexibility index (Phi) is 2.58. The Hall–Kier alpha value is -0.120. The fraction of sp³-hybridized carbons (Fsp3) is 0.111. The number of alkyl halides is 1. The average Bonchev–Trinajstić information content (AvgIpc) is 2.60. The number of hydrogen-bond donors (Lipinski definition) is 0. The van der Waals surface area contributed by atoms with Crippen LogP contribution in [0.4, 0.5) is 4.39 Å². The molecular formula is C9H5BrClFS. The molecule has 0 aliphatic rings. The van der Waals surface area contributed by atoms with Crippen molar-refractivity contribution in [2.24, 2.45) is 0 Å². The second kappa shape index (κ2) is 3.56. The minimum Gasteiger partial charge on any atom is -0.205 e. The minimum atomic E-state index is -0.161. The lowest BCUT2D eigenvalue weighted by Crippen LogP contribution is -1.85. The molecule has 68 valence electrons. The van der Waals surface area contributed by atoms with Gasteiger partial charge in [0, 0.05) is 21.3 Å². The SMILES string of the molecule is Fc1c(CBr)cc(Cl)c2ccsc12. The zero-order chi connectivity index (χ0) is 9.42.